The van der Waals surface area contributed by atoms with E-state index in [1.165, 1.54) is 31.5 Å². The van der Waals surface area contributed by atoms with Gasteiger partial charge in [0.25, 0.3) is 11.6 Å². The van der Waals surface area contributed by atoms with Crippen molar-refractivity contribution in [1.82, 2.24) is 10.7 Å². The number of rotatable bonds is 6. The third-order valence-electron chi connectivity index (χ3n) is 6.77. The Kier molecular flexibility index (Phi) is 5.10. The maximum absolute atomic E-state index is 13.0. The summed E-state index contributed by atoms with van der Waals surface area (Å²) in [6.45, 7) is 1.63. The zero-order valence-corrected chi connectivity index (χ0v) is 16.5. The Morgan fingerprint density at radius 3 is 2.34 bits per heavy atom. The van der Waals surface area contributed by atoms with Gasteiger partial charge in [0.15, 0.2) is 0 Å². The molecular formula is C21H26N4O4. The Hall–Kier alpha value is -2.77. The molecule has 8 nitrogen and oxygen atoms in total. The Bertz CT molecular complexity index is 831. The zero-order valence-electron chi connectivity index (χ0n) is 16.5. The second-order valence-corrected chi connectivity index (χ2v) is 8.94. The van der Waals surface area contributed by atoms with Crippen molar-refractivity contribution in [1.29, 1.82) is 0 Å². The molecule has 0 spiro atoms. The fraction of sp³-hybridized carbons (Fsp3) is 0.571. The van der Waals surface area contributed by atoms with Crippen LogP contribution in [0.15, 0.2) is 29.4 Å². The highest BCUT2D eigenvalue weighted by Gasteiger charge is 2.54. The topological polar surface area (TPSA) is 114 Å². The van der Waals surface area contributed by atoms with E-state index in [4.69, 9.17) is 0 Å². The van der Waals surface area contributed by atoms with Gasteiger partial charge in [0, 0.05) is 11.5 Å². The molecule has 4 aliphatic rings. The molecule has 5 rings (SSSR count). The van der Waals surface area contributed by atoms with E-state index in [1.807, 2.05) is 0 Å². The summed E-state index contributed by atoms with van der Waals surface area (Å²) in [5.74, 6) is 1.51. The highest BCUT2D eigenvalue weighted by Crippen LogP contribution is 2.60. The molecular weight excluding hydrogens is 372 g/mol. The molecule has 4 aliphatic carbocycles. The van der Waals surface area contributed by atoms with Gasteiger partial charge in [0.2, 0.25) is 5.91 Å². The quantitative estimate of drug-likeness (QED) is 0.436. The third-order valence-corrected chi connectivity index (χ3v) is 6.77. The van der Waals surface area contributed by atoms with Gasteiger partial charge in [-0.1, -0.05) is 12.1 Å². The van der Waals surface area contributed by atoms with Crippen molar-refractivity contribution in [2.24, 2.45) is 28.3 Å². The minimum atomic E-state index is -0.724. The normalized spacial score (nSPS) is 30.9. The van der Waals surface area contributed by atoms with E-state index in [0.717, 1.165) is 19.3 Å². The summed E-state index contributed by atoms with van der Waals surface area (Å²) in [5.41, 5.74) is 2.27. The minimum Gasteiger partial charge on any atom is -0.344 e. The van der Waals surface area contributed by atoms with Crippen LogP contribution in [0.2, 0.25) is 0 Å². The molecule has 1 atom stereocenters. The summed E-state index contributed by atoms with van der Waals surface area (Å²) in [5, 5.41) is 17.7. The zero-order chi connectivity index (χ0) is 20.6. The van der Waals surface area contributed by atoms with Crippen molar-refractivity contribution in [3.05, 3.63) is 39.9 Å². The fourth-order valence-corrected chi connectivity index (χ4v) is 5.83. The monoisotopic (exact) mass is 398 g/mol. The molecule has 1 unspecified atom stereocenters. The summed E-state index contributed by atoms with van der Waals surface area (Å²) in [7, 11) is 0. The van der Waals surface area contributed by atoms with Crippen LogP contribution in [-0.2, 0) is 9.59 Å². The summed E-state index contributed by atoms with van der Waals surface area (Å²) in [6.07, 6.45) is 7.82. The summed E-state index contributed by atoms with van der Waals surface area (Å²) in [4.78, 5) is 35.9. The van der Waals surface area contributed by atoms with Crippen molar-refractivity contribution in [3.63, 3.8) is 0 Å². The van der Waals surface area contributed by atoms with Gasteiger partial charge in [-0.05, 0) is 69.3 Å². The van der Waals surface area contributed by atoms with Crippen molar-refractivity contribution in [2.75, 3.05) is 0 Å². The second kappa shape index (κ2) is 7.57. The van der Waals surface area contributed by atoms with Crippen molar-refractivity contribution in [3.8, 4) is 0 Å². The predicted octanol–water partition coefficient (Wildman–Crippen LogP) is 2.77. The maximum atomic E-state index is 13.0. The molecule has 0 aliphatic heterocycles. The smallest absolute Gasteiger partial charge is 0.278 e. The van der Waals surface area contributed by atoms with Gasteiger partial charge in [-0.3, -0.25) is 19.7 Å². The number of benzene rings is 1. The van der Waals surface area contributed by atoms with Crippen LogP contribution < -0.4 is 10.7 Å². The lowest BCUT2D eigenvalue weighted by molar-refractivity contribution is -0.385. The number of amides is 2. The van der Waals surface area contributed by atoms with Crippen molar-refractivity contribution < 1.29 is 14.5 Å². The summed E-state index contributed by atoms with van der Waals surface area (Å²) >= 11 is 0. The van der Waals surface area contributed by atoms with Crippen LogP contribution in [0.25, 0.3) is 0 Å². The van der Waals surface area contributed by atoms with Gasteiger partial charge in [0.1, 0.15) is 6.04 Å². The van der Waals surface area contributed by atoms with Crippen molar-refractivity contribution in [2.45, 2.75) is 51.5 Å². The first-order chi connectivity index (χ1) is 13.9. The number of carbonyl (C=O) groups excluding carboxylic acids is 2. The van der Waals surface area contributed by atoms with E-state index in [-0.39, 0.29) is 17.0 Å². The molecule has 0 aromatic heterocycles. The number of nitrogens with zero attached hydrogens (tertiary/aromatic N) is 2. The number of nitro groups is 1. The lowest BCUT2D eigenvalue weighted by atomic mass is 9.49. The number of para-hydroxylation sites is 1. The SMILES string of the molecule is CC(NC(=O)C12CC3CC(CC(C3)C1)C2)C(=O)NN=Cc1ccccc1[N+](=O)[O-]. The van der Waals surface area contributed by atoms with E-state index >= 15 is 0 Å². The molecule has 2 amide bonds. The van der Waals surface area contributed by atoms with Gasteiger partial charge < -0.3 is 5.32 Å². The first-order valence-electron chi connectivity index (χ1n) is 10.2. The van der Waals surface area contributed by atoms with Gasteiger partial charge in [-0.25, -0.2) is 5.43 Å². The Labute approximate surface area is 169 Å². The lowest BCUT2D eigenvalue weighted by Gasteiger charge is -2.55. The third kappa shape index (κ3) is 3.88. The predicted molar refractivity (Wildman–Crippen MR) is 107 cm³/mol. The molecule has 29 heavy (non-hydrogen) atoms. The van der Waals surface area contributed by atoms with Crippen LogP contribution in [0.1, 0.15) is 51.0 Å². The molecule has 0 radical (unpaired) electrons. The number of hydrazone groups is 1. The van der Waals surface area contributed by atoms with Gasteiger partial charge in [-0.15, -0.1) is 0 Å². The van der Waals surface area contributed by atoms with Gasteiger partial charge >= 0.3 is 0 Å². The van der Waals surface area contributed by atoms with Crippen LogP contribution in [-0.4, -0.2) is 29.0 Å². The second-order valence-electron chi connectivity index (χ2n) is 8.94. The molecule has 2 N–H and O–H groups in total. The fourth-order valence-electron chi connectivity index (χ4n) is 5.83. The first kappa shape index (κ1) is 19.5. The molecule has 0 heterocycles. The number of carbonyl (C=O) groups is 2. The van der Waals surface area contributed by atoms with E-state index in [2.05, 4.69) is 15.8 Å². The molecule has 4 fully saturated rings. The van der Waals surface area contributed by atoms with E-state index < -0.39 is 16.9 Å². The average molecular weight is 398 g/mol. The largest absolute Gasteiger partial charge is 0.344 e. The van der Waals surface area contributed by atoms with Gasteiger partial charge in [0.05, 0.1) is 16.7 Å². The number of hydrogen-bond acceptors (Lipinski definition) is 5. The highest BCUT2D eigenvalue weighted by atomic mass is 16.6. The van der Waals surface area contributed by atoms with Crippen LogP contribution in [0.3, 0.4) is 0 Å². The highest BCUT2D eigenvalue weighted by molar-refractivity contribution is 5.91. The molecule has 154 valence electrons. The van der Waals surface area contributed by atoms with E-state index in [1.54, 1.807) is 25.1 Å². The Morgan fingerprint density at radius 2 is 1.76 bits per heavy atom. The first-order valence-corrected chi connectivity index (χ1v) is 10.2. The molecule has 4 saturated carbocycles. The standard InChI is InChI=1S/C21H26N4O4/c1-13(19(26)24-22-12-17-4-2-3-5-18(17)25(28)29)23-20(27)21-9-14-6-15(10-21)8-16(7-14)11-21/h2-5,12-16H,6-11H2,1H3,(H,23,27)(H,24,26). The minimum absolute atomic E-state index is 0.0121. The molecule has 8 heteroatoms. The van der Waals surface area contributed by atoms with Crippen LogP contribution in [0.5, 0.6) is 0 Å². The maximum Gasteiger partial charge on any atom is 0.278 e. The molecule has 4 bridgehead atoms. The van der Waals surface area contributed by atoms with Crippen LogP contribution in [0, 0.1) is 33.3 Å². The average Bonchev–Trinajstić information content (AvgIpc) is 2.67. The van der Waals surface area contributed by atoms with E-state index in [9.17, 15) is 19.7 Å². The number of nitro benzene ring substituents is 1. The Morgan fingerprint density at radius 1 is 1.17 bits per heavy atom. The Balaban J connectivity index is 1.34. The van der Waals surface area contributed by atoms with Crippen molar-refractivity contribution >= 4 is 23.7 Å². The number of hydrogen-bond donors (Lipinski definition) is 2. The lowest BCUT2D eigenvalue weighted by Crippen LogP contribution is -2.56. The number of nitrogens with one attached hydrogen (secondary N) is 2. The van der Waals surface area contributed by atoms with Crippen LogP contribution >= 0.6 is 0 Å². The molecule has 0 saturated heterocycles. The van der Waals surface area contributed by atoms with Crippen LogP contribution in [0.4, 0.5) is 5.69 Å². The summed E-state index contributed by atoms with van der Waals surface area (Å²) in [6, 6.07) is 5.42. The molecule has 1 aromatic rings. The van der Waals surface area contributed by atoms with E-state index in [0.29, 0.717) is 23.3 Å². The summed E-state index contributed by atoms with van der Waals surface area (Å²) < 4.78 is 0. The van der Waals surface area contributed by atoms with Gasteiger partial charge in [-0.2, -0.15) is 5.10 Å². The molecule has 1 aromatic carbocycles.